The lowest BCUT2D eigenvalue weighted by Gasteiger charge is -2.16. The maximum atomic E-state index is 12.0. The summed E-state index contributed by atoms with van der Waals surface area (Å²) in [4.78, 5) is 45.8. The highest BCUT2D eigenvalue weighted by atomic mass is 32.2. The molecule has 0 aromatic carbocycles. The zero-order valence-electron chi connectivity index (χ0n) is 22.7. The van der Waals surface area contributed by atoms with Gasteiger partial charge in [-0.2, -0.15) is 11.8 Å². The van der Waals surface area contributed by atoms with Crippen LogP contribution in [0, 0.1) is 0 Å². The molecule has 2 rings (SSSR count). The number of ketones is 1. The molecule has 218 valence electrons. The van der Waals surface area contributed by atoms with E-state index in [1.54, 1.807) is 0 Å². The zero-order chi connectivity index (χ0) is 27.4. The normalized spacial score (nSPS) is 20.0. The predicted octanol–water partition coefficient (Wildman–Crippen LogP) is 1.53. The third kappa shape index (κ3) is 14.9. The molecule has 0 aromatic rings. The number of unbranched alkanes of at least 4 members (excludes halogenated alkanes) is 1. The van der Waals surface area contributed by atoms with Crippen molar-refractivity contribution in [1.29, 1.82) is 0 Å². The smallest absolute Gasteiger partial charge is 0.315 e. The van der Waals surface area contributed by atoms with E-state index in [2.05, 4.69) is 21.3 Å². The van der Waals surface area contributed by atoms with Gasteiger partial charge in [-0.25, -0.2) is 4.79 Å². The molecule has 2 heterocycles. The second-order valence-electron chi connectivity index (χ2n) is 9.67. The van der Waals surface area contributed by atoms with Gasteiger partial charge in [0.15, 0.2) is 0 Å². The Labute approximate surface area is 230 Å². The van der Waals surface area contributed by atoms with Gasteiger partial charge in [0, 0.05) is 56.6 Å². The molecule has 0 spiro atoms. The minimum Gasteiger partial charge on any atom is -0.379 e. The molecule has 0 aliphatic carbocycles. The van der Waals surface area contributed by atoms with Crippen LogP contribution >= 0.6 is 11.8 Å². The zero-order valence-corrected chi connectivity index (χ0v) is 23.5. The number of carbonyl (C=O) groups is 4. The average Bonchev–Trinajstić information content (AvgIpc) is 3.43. The fourth-order valence-corrected chi connectivity index (χ4v) is 5.84. The molecule has 12 heteroatoms. The lowest BCUT2D eigenvalue weighted by molar-refractivity contribution is -0.122. The Bertz CT molecular complexity index is 728. The van der Waals surface area contributed by atoms with Gasteiger partial charge in [-0.15, -0.1) is 0 Å². The first-order valence-electron chi connectivity index (χ1n) is 13.9. The molecule has 2 fully saturated rings. The predicted molar refractivity (Wildman–Crippen MR) is 146 cm³/mol. The molecule has 4 amide bonds. The SMILES string of the molecule is CC(=O)CCCC(=O)NCCCOCCOCCOCCCNC(=O)CCCC[C@@H]1SC[C@@H]2NC(=O)N[C@@H]21. The summed E-state index contributed by atoms with van der Waals surface area (Å²) >= 11 is 1.91. The van der Waals surface area contributed by atoms with Crippen LogP contribution in [0.5, 0.6) is 0 Å². The minimum atomic E-state index is -0.0573. The Morgan fingerprint density at radius 3 is 1.97 bits per heavy atom. The van der Waals surface area contributed by atoms with E-state index in [9.17, 15) is 19.2 Å². The maximum Gasteiger partial charge on any atom is 0.315 e. The van der Waals surface area contributed by atoms with E-state index in [1.807, 2.05) is 11.8 Å². The van der Waals surface area contributed by atoms with E-state index in [0.717, 1.165) is 37.9 Å². The number of fused-ring (bicyclic) bond motifs is 1. The molecule has 11 nitrogen and oxygen atoms in total. The van der Waals surface area contributed by atoms with Crippen molar-refractivity contribution in [2.75, 3.05) is 58.5 Å². The molecule has 2 aliphatic heterocycles. The molecule has 38 heavy (non-hydrogen) atoms. The van der Waals surface area contributed by atoms with Crippen LogP contribution in [0.15, 0.2) is 0 Å². The number of nitrogens with one attached hydrogen (secondary N) is 4. The second kappa shape index (κ2) is 20.1. The summed E-state index contributed by atoms with van der Waals surface area (Å²) in [5, 5.41) is 12.1. The van der Waals surface area contributed by atoms with Gasteiger partial charge >= 0.3 is 6.03 Å². The number of urea groups is 1. The molecule has 0 saturated carbocycles. The van der Waals surface area contributed by atoms with Crippen LogP contribution in [-0.4, -0.2) is 99.4 Å². The van der Waals surface area contributed by atoms with Crippen molar-refractivity contribution in [2.45, 2.75) is 82.0 Å². The quantitative estimate of drug-likeness (QED) is 0.109. The third-order valence-electron chi connectivity index (χ3n) is 6.33. The van der Waals surface area contributed by atoms with Gasteiger partial charge in [0.1, 0.15) is 5.78 Å². The molecule has 0 unspecified atom stereocenters. The number of carbonyl (C=O) groups excluding carboxylic acids is 4. The Hall–Kier alpha value is -1.89. The van der Waals surface area contributed by atoms with Gasteiger partial charge in [-0.05, 0) is 39.0 Å². The molecule has 3 atom stereocenters. The van der Waals surface area contributed by atoms with Gasteiger partial charge in [0.25, 0.3) is 0 Å². The Morgan fingerprint density at radius 1 is 0.789 bits per heavy atom. The monoisotopic (exact) mass is 558 g/mol. The first kappa shape index (κ1) is 32.3. The molecule has 0 radical (unpaired) electrons. The van der Waals surface area contributed by atoms with E-state index >= 15 is 0 Å². The topological polar surface area (TPSA) is 144 Å². The summed E-state index contributed by atoms with van der Waals surface area (Å²) < 4.78 is 16.5. The van der Waals surface area contributed by atoms with Crippen LogP contribution in [0.1, 0.15) is 64.7 Å². The largest absolute Gasteiger partial charge is 0.379 e. The van der Waals surface area contributed by atoms with Crippen LogP contribution in [0.3, 0.4) is 0 Å². The molecule has 2 aliphatic rings. The number of ether oxygens (including phenoxy) is 3. The van der Waals surface area contributed by atoms with Crippen molar-refractivity contribution in [3.63, 3.8) is 0 Å². The lowest BCUT2D eigenvalue weighted by atomic mass is 10.0. The second-order valence-corrected chi connectivity index (χ2v) is 10.9. The van der Waals surface area contributed by atoms with Crippen LogP contribution in [0.25, 0.3) is 0 Å². The van der Waals surface area contributed by atoms with Crippen molar-refractivity contribution < 1.29 is 33.4 Å². The lowest BCUT2D eigenvalue weighted by Crippen LogP contribution is -2.36. The summed E-state index contributed by atoms with van der Waals surface area (Å²) in [5.74, 6) is 1.12. The first-order chi connectivity index (χ1) is 18.5. The maximum absolute atomic E-state index is 12.0. The summed E-state index contributed by atoms with van der Waals surface area (Å²) in [7, 11) is 0. The van der Waals surface area contributed by atoms with E-state index in [4.69, 9.17) is 14.2 Å². The Kier molecular flexibility index (Phi) is 17.1. The van der Waals surface area contributed by atoms with Gasteiger partial charge < -0.3 is 40.3 Å². The number of thioether (sulfide) groups is 1. The highest BCUT2D eigenvalue weighted by molar-refractivity contribution is 8.00. The fourth-order valence-electron chi connectivity index (χ4n) is 4.29. The minimum absolute atomic E-state index is 0.0276. The van der Waals surface area contributed by atoms with Gasteiger partial charge in [0.2, 0.25) is 11.8 Å². The van der Waals surface area contributed by atoms with Crippen molar-refractivity contribution >= 4 is 35.4 Å². The molecule has 0 bridgehead atoms. The molecule has 2 saturated heterocycles. The van der Waals surface area contributed by atoms with Crippen LogP contribution in [-0.2, 0) is 28.6 Å². The van der Waals surface area contributed by atoms with Crippen molar-refractivity contribution in [1.82, 2.24) is 21.3 Å². The Morgan fingerprint density at radius 2 is 1.37 bits per heavy atom. The number of amides is 4. The standard InChI is InChI=1S/C26H46N4O7S/c1-20(31)7-4-10-24(33)28-12-6-14-36-16-18-37-17-15-35-13-5-11-27-23(32)9-3-2-8-22-25-21(19-38-22)29-26(34)30-25/h21-22,25H,2-19H2,1H3,(H,27,32)(H,28,33)(H2,29,30,34)/t21-,22-,25-/m0/s1. The highest BCUT2D eigenvalue weighted by Crippen LogP contribution is 2.33. The first-order valence-corrected chi connectivity index (χ1v) is 14.9. The number of rotatable bonds is 23. The van der Waals surface area contributed by atoms with Crippen molar-refractivity contribution in [3.8, 4) is 0 Å². The summed E-state index contributed by atoms with van der Waals surface area (Å²) in [6, 6.07) is 0.426. The number of hydrogen-bond donors (Lipinski definition) is 4. The summed E-state index contributed by atoms with van der Waals surface area (Å²) in [5.41, 5.74) is 0. The van der Waals surface area contributed by atoms with E-state index in [0.29, 0.717) is 83.7 Å². The van der Waals surface area contributed by atoms with Crippen molar-refractivity contribution in [2.24, 2.45) is 0 Å². The van der Waals surface area contributed by atoms with Gasteiger partial charge in [-0.3, -0.25) is 9.59 Å². The molecule has 0 aromatic heterocycles. The third-order valence-corrected chi connectivity index (χ3v) is 7.84. The number of Topliss-reactive ketones (excluding diaryl/α,β-unsaturated/α-hetero) is 1. The van der Waals surface area contributed by atoms with Crippen LogP contribution in [0.2, 0.25) is 0 Å². The van der Waals surface area contributed by atoms with Gasteiger partial charge in [0.05, 0.1) is 38.5 Å². The molecule has 4 N–H and O–H groups in total. The van der Waals surface area contributed by atoms with Gasteiger partial charge in [-0.1, -0.05) is 6.42 Å². The summed E-state index contributed by atoms with van der Waals surface area (Å²) in [6.45, 7) is 5.80. The average molecular weight is 559 g/mol. The fraction of sp³-hybridized carbons (Fsp3) is 0.846. The Balaban J connectivity index is 1.25. The molecular weight excluding hydrogens is 512 g/mol. The number of hydrogen-bond acceptors (Lipinski definition) is 8. The van der Waals surface area contributed by atoms with Crippen molar-refractivity contribution in [3.05, 3.63) is 0 Å². The molecular formula is C26H46N4O7S. The summed E-state index contributed by atoms with van der Waals surface area (Å²) in [6.07, 6.45) is 6.32. The van der Waals surface area contributed by atoms with Crippen LogP contribution < -0.4 is 21.3 Å². The van der Waals surface area contributed by atoms with E-state index in [1.165, 1.54) is 6.92 Å². The van der Waals surface area contributed by atoms with E-state index in [-0.39, 0.29) is 35.7 Å². The van der Waals surface area contributed by atoms with Crippen LogP contribution in [0.4, 0.5) is 4.79 Å². The highest BCUT2D eigenvalue weighted by Gasteiger charge is 2.42. The van der Waals surface area contributed by atoms with E-state index < -0.39 is 0 Å².